The summed E-state index contributed by atoms with van der Waals surface area (Å²) in [6.07, 6.45) is 3.93. The lowest BCUT2D eigenvalue weighted by molar-refractivity contribution is -0.121. The number of unbranched alkanes of at least 4 members (excludes halogenated alkanes) is 2. The first-order valence-corrected chi connectivity index (χ1v) is 10.9. The summed E-state index contributed by atoms with van der Waals surface area (Å²) in [4.78, 5) is 31.6. The molecule has 0 radical (unpaired) electrons. The van der Waals surface area contributed by atoms with E-state index < -0.39 is 0 Å². The molecule has 0 atom stereocenters. The van der Waals surface area contributed by atoms with Gasteiger partial charge >= 0.3 is 0 Å². The summed E-state index contributed by atoms with van der Waals surface area (Å²) < 4.78 is 11.4. The Hall–Kier alpha value is -3.17. The number of carbonyl (C=O) groups excluding carboxylic acids is 2. The van der Waals surface area contributed by atoms with Crippen LogP contribution in [-0.2, 0) is 9.53 Å². The number of aliphatic hydroxyl groups excluding tert-OH is 1. The van der Waals surface area contributed by atoms with E-state index in [1.54, 1.807) is 18.3 Å². The third-order valence-electron chi connectivity index (χ3n) is 4.95. The Kier molecular flexibility index (Phi) is 9.27. The SMILES string of the molecule is O=C(CN1CCOCCOc2ccccc2Nc2ncccc2C1=O)NCCCCCO. The minimum atomic E-state index is -0.308. The number of hydrogen-bond donors (Lipinski definition) is 3. The van der Waals surface area contributed by atoms with Gasteiger partial charge in [-0.25, -0.2) is 4.98 Å². The predicted molar refractivity (Wildman–Crippen MR) is 120 cm³/mol. The van der Waals surface area contributed by atoms with Gasteiger partial charge in [-0.15, -0.1) is 0 Å². The molecule has 0 spiro atoms. The molecule has 0 saturated carbocycles. The lowest BCUT2D eigenvalue weighted by atomic mass is 10.2. The average molecular weight is 443 g/mol. The molecule has 3 N–H and O–H groups in total. The highest BCUT2D eigenvalue weighted by Crippen LogP contribution is 2.28. The van der Waals surface area contributed by atoms with Gasteiger partial charge in [-0.1, -0.05) is 12.1 Å². The Labute approximate surface area is 187 Å². The van der Waals surface area contributed by atoms with Crippen molar-refractivity contribution >= 4 is 23.3 Å². The summed E-state index contributed by atoms with van der Waals surface area (Å²) >= 11 is 0. The maximum Gasteiger partial charge on any atom is 0.258 e. The van der Waals surface area contributed by atoms with Crippen molar-refractivity contribution in [3.63, 3.8) is 0 Å². The first kappa shape index (κ1) is 23.5. The Bertz CT molecular complexity index is 892. The fourth-order valence-corrected chi connectivity index (χ4v) is 3.28. The molecule has 1 aromatic carbocycles. The number of carbonyl (C=O) groups is 2. The van der Waals surface area contributed by atoms with E-state index >= 15 is 0 Å². The molecular weight excluding hydrogens is 412 g/mol. The summed E-state index contributed by atoms with van der Waals surface area (Å²) in [6.45, 7) is 1.83. The maximum absolute atomic E-state index is 13.4. The zero-order chi connectivity index (χ0) is 22.6. The van der Waals surface area contributed by atoms with Crippen LogP contribution in [0.2, 0.25) is 0 Å². The van der Waals surface area contributed by atoms with Crippen molar-refractivity contribution in [2.24, 2.45) is 0 Å². The van der Waals surface area contributed by atoms with Crippen LogP contribution >= 0.6 is 0 Å². The van der Waals surface area contributed by atoms with Gasteiger partial charge in [0.15, 0.2) is 0 Å². The van der Waals surface area contributed by atoms with Gasteiger partial charge in [0.1, 0.15) is 18.2 Å². The van der Waals surface area contributed by atoms with Crippen molar-refractivity contribution < 1.29 is 24.2 Å². The van der Waals surface area contributed by atoms with E-state index in [0.717, 1.165) is 12.8 Å². The quantitative estimate of drug-likeness (QED) is 0.562. The lowest BCUT2D eigenvalue weighted by Crippen LogP contribution is -2.42. The number of nitrogens with zero attached hydrogens (tertiary/aromatic N) is 2. The van der Waals surface area contributed by atoms with Gasteiger partial charge in [0, 0.05) is 25.9 Å². The number of para-hydroxylation sites is 2. The molecule has 2 amide bonds. The lowest BCUT2D eigenvalue weighted by Gasteiger charge is -2.23. The molecule has 172 valence electrons. The Morgan fingerprint density at radius 1 is 1.12 bits per heavy atom. The zero-order valence-corrected chi connectivity index (χ0v) is 18.1. The number of aliphatic hydroxyl groups is 1. The Balaban J connectivity index is 1.76. The van der Waals surface area contributed by atoms with Crippen LogP contribution in [0.4, 0.5) is 11.5 Å². The van der Waals surface area contributed by atoms with Gasteiger partial charge in [0.2, 0.25) is 5.91 Å². The van der Waals surface area contributed by atoms with Crippen LogP contribution in [-0.4, -0.2) is 72.9 Å². The minimum Gasteiger partial charge on any atom is -0.489 e. The van der Waals surface area contributed by atoms with Gasteiger partial charge in [0.25, 0.3) is 5.91 Å². The second kappa shape index (κ2) is 12.6. The summed E-state index contributed by atoms with van der Waals surface area (Å²) in [5.74, 6) is 0.482. The average Bonchev–Trinajstić information content (AvgIpc) is 2.81. The molecule has 0 fully saturated rings. The molecule has 2 aromatic rings. The minimum absolute atomic E-state index is 0.0797. The van der Waals surface area contributed by atoms with Crippen molar-refractivity contribution in [2.75, 3.05) is 51.4 Å². The molecule has 0 aliphatic carbocycles. The number of hydrogen-bond acceptors (Lipinski definition) is 7. The monoisotopic (exact) mass is 442 g/mol. The number of aromatic nitrogens is 1. The zero-order valence-electron chi connectivity index (χ0n) is 18.1. The third kappa shape index (κ3) is 6.93. The molecule has 0 unspecified atom stereocenters. The molecule has 9 heteroatoms. The van der Waals surface area contributed by atoms with Crippen LogP contribution in [0.25, 0.3) is 0 Å². The highest BCUT2D eigenvalue weighted by molar-refractivity contribution is 6.01. The largest absolute Gasteiger partial charge is 0.489 e. The summed E-state index contributed by atoms with van der Waals surface area (Å²) in [6, 6.07) is 10.8. The van der Waals surface area contributed by atoms with Crippen LogP contribution in [0.3, 0.4) is 0 Å². The van der Waals surface area contributed by atoms with Crippen molar-refractivity contribution in [1.29, 1.82) is 0 Å². The van der Waals surface area contributed by atoms with Crippen LogP contribution in [0.1, 0.15) is 29.6 Å². The third-order valence-corrected chi connectivity index (χ3v) is 4.95. The van der Waals surface area contributed by atoms with Crippen molar-refractivity contribution in [3.05, 3.63) is 48.2 Å². The second-order valence-electron chi connectivity index (χ2n) is 7.34. The first-order valence-electron chi connectivity index (χ1n) is 10.9. The molecule has 2 heterocycles. The highest BCUT2D eigenvalue weighted by atomic mass is 16.5. The summed E-state index contributed by atoms with van der Waals surface area (Å²) in [5, 5.41) is 14.9. The summed E-state index contributed by atoms with van der Waals surface area (Å²) in [5.41, 5.74) is 1.05. The van der Waals surface area contributed by atoms with E-state index in [2.05, 4.69) is 15.6 Å². The van der Waals surface area contributed by atoms with Crippen LogP contribution in [0.5, 0.6) is 5.75 Å². The fraction of sp³-hybridized carbons (Fsp3) is 0.435. The number of anilines is 2. The van der Waals surface area contributed by atoms with Crippen LogP contribution in [0.15, 0.2) is 42.6 Å². The maximum atomic E-state index is 13.4. The Morgan fingerprint density at radius 3 is 2.88 bits per heavy atom. The highest BCUT2D eigenvalue weighted by Gasteiger charge is 2.23. The van der Waals surface area contributed by atoms with E-state index in [0.29, 0.717) is 49.0 Å². The normalized spacial score (nSPS) is 14.5. The number of ether oxygens (including phenoxy) is 2. The first-order chi connectivity index (χ1) is 15.7. The number of rotatable bonds is 7. The summed E-state index contributed by atoms with van der Waals surface area (Å²) in [7, 11) is 0. The predicted octanol–water partition coefficient (Wildman–Crippen LogP) is 1.96. The van der Waals surface area contributed by atoms with E-state index in [1.165, 1.54) is 4.90 Å². The van der Waals surface area contributed by atoms with Gasteiger partial charge < -0.3 is 30.1 Å². The molecule has 1 aromatic heterocycles. The number of nitrogens with one attached hydrogen (secondary N) is 2. The Morgan fingerprint density at radius 2 is 2.00 bits per heavy atom. The van der Waals surface area contributed by atoms with E-state index in [4.69, 9.17) is 14.6 Å². The number of pyridine rings is 1. The molecule has 0 saturated heterocycles. The van der Waals surface area contributed by atoms with E-state index in [-0.39, 0.29) is 38.1 Å². The number of amides is 2. The molecule has 32 heavy (non-hydrogen) atoms. The van der Waals surface area contributed by atoms with E-state index in [9.17, 15) is 9.59 Å². The van der Waals surface area contributed by atoms with Gasteiger partial charge in [-0.3, -0.25) is 9.59 Å². The van der Waals surface area contributed by atoms with Crippen molar-refractivity contribution in [3.8, 4) is 5.75 Å². The number of benzene rings is 1. The second-order valence-corrected chi connectivity index (χ2v) is 7.34. The van der Waals surface area contributed by atoms with Gasteiger partial charge in [0.05, 0.1) is 31.0 Å². The van der Waals surface area contributed by atoms with Crippen LogP contribution in [0, 0.1) is 0 Å². The van der Waals surface area contributed by atoms with Gasteiger partial charge in [-0.05, 0) is 43.5 Å². The van der Waals surface area contributed by atoms with Gasteiger partial charge in [-0.2, -0.15) is 0 Å². The standard InChI is InChI=1S/C23H30N4O5/c28-13-5-1-4-10-24-21(29)17-27-12-14-31-15-16-32-20-9-3-2-8-19(20)26-22-18(23(27)30)7-6-11-25-22/h2-3,6-9,11,28H,1,4-5,10,12-17H2,(H,24,29)(H,25,26). The molecule has 1 aliphatic heterocycles. The van der Waals surface area contributed by atoms with E-state index in [1.807, 2.05) is 24.3 Å². The van der Waals surface area contributed by atoms with Crippen LogP contribution < -0.4 is 15.4 Å². The van der Waals surface area contributed by atoms with Crippen molar-refractivity contribution in [1.82, 2.24) is 15.2 Å². The molecular formula is C23H30N4O5. The smallest absolute Gasteiger partial charge is 0.258 e. The molecule has 3 rings (SSSR count). The molecule has 9 nitrogen and oxygen atoms in total. The molecule has 0 bridgehead atoms. The fourth-order valence-electron chi connectivity index (χ4n) is 3.28. The number of fused-ring (bicyclic) bond motifs is 2. The van der Waals surface area contributed by atoms with Crippen molar-refractivity contribution in [2.45, 2.75) is 19.3 Å². The molecule has 1 aliphatic rings. The topological polar surface area (TPSA) is 113 Å².